The van der Waals surface area contributed by atoms with Gasteiger partial charge in [0.2, 0.25) is 0 Å². The van der Waals surface area contributed by atoms with E-state index in [1.807, 2.05) is 0 Å². The Balaban J connectivity index is 0.953. The summed E-state index contributed by atoms with van der Waals surface area (Å²) in [5, 5.41) is 0. The Labute approximate surface area is 526 Å². The summed E-state index contributed by atoms with van der Waals surface area (Å²) in [6.07, 6.45) is 0. The molecule has 89 heavy (non-hydrogen) atoms. The van der Waals surface area contributed by atoms with E-state index in [9.17, 15) is 0 Å². The van der Waals surface area contributed by atoms with Crippen LogP contribution in [0.2, 0.25) is 0 Å². The molecule has 1 spiro atoms. The number of anilines is 6. The molecular formula is C87H74N2. The average molecular weight is 1150 g/mol. The van der Waals surface area contributed by atoms with Crippen molar-refractivity contribution in [3.63, 3.8) is 0 Å². The van der Waals surface area contributed by atoms with Crippen LogP contribution in [0.4, 0.5) is 34.1 Å². The second-order valence-corrected chi connectivity index (χ2v) is 28.5. The van der Waals surface area contributed by atoms with Gasteiger partial charge in [-0.1, -0.05) is 263 Å². The van der Waals surface area contributed by atoms with Crippen molar-refractivity contribution in [1.82, 2.24) is 0 Å². The fourth-order valence-electron chi connectivity index (χ4n) is 15.8. The zero-order valence-electron chi connectivity index (χ0n) is 52.8. The average Bonchev–Trinajstić information content (AvgIpc) is 1.52. The molecule has 0 saturated heterocycles. The van der Waals surface area contributed by atoms with Gasteiger partial charge in [0.1, 0.15) is 0 Å². The molecule has 0 atom stereocenters. The van der Waals surface area contributed by atoms with E-state index < -0.39 is 5.41 Å². The lowest BCUT2D eigenvalue weighted by atomic mass is 9.68. The predicted octanol–water partition coefficient (Wildman–Crippen LogP) is 23.5. The molecule has 0 heterocycles. The smallest absolute Gasteiger partial charge is 0.0727 e. The summed E-state index contributed by atoms with van der Waals surface area (Å²) < 4.78 is 0. The molecule has 0 unspecified atom stereocenters. The Kier molecular flexibility index (Phi) is 12.0. The molecule has 0 radical (unpaired) electrons. The standard InChI is InChI=1S/C87H74N2/c1-83(2,3)59-33-43-71-73-47-41-65(88(61-35-29-57(30-36-61)55-21-13-11-14-22-55)63-39-45-69-67-25-17-19-27-75(67)85(7,8)77(69)51-63)53-81(73)87(79(71)49-59)80-50-60(84(4,5)6)34-44-72(80)74-48-42-66(54-82(74)87)89(62-37-31-58(32-38-62)56-23-15-12-16-24-56)64-40-46-70-68-26-18-20-28-76(68)86(9,10)78(70)52-64/h11-54H,1-10H3. The summed E-state index contributed by atoms with van der Waals surface area (Å²) in [6, 6.07) is 102. The van der Waals surface area contributed by atoms with Crippen LogP contribution < -0.4 is 9.80 Å². The van der Waals surface area contributed by atoms with Crippen molar-refractivity contribution in [3.8, 4) is 66.8 Å². The number of rotatable bonds is 8. The van der Waals surface area contributed by atoms with Gasteiger partial charge in [-0.25, -0.2) is 0 Å². The van der Waals surface area contributed by atoms with Gasteiger partial charge in [0.15, 0.2) is 0 Å². The van der Waals surface area contributed by atoms with Gasteiger partial charge in [-0.3, -0.25) is 0 Å². The van der Waals surface area contributed by atoms with Gasteiger partial charge in [-0.05, 0) is 206 Å². The van der Waals surface area contributed by atoms with Crippen LogP contribution in [0.5, 0.6) is 0 Å². The first-order valence-corrected chi connectivity index (χ1v) is 31.9. The zero-order chi connectivity index (χ0) is 60.9. The summed E-state index contributed by atoms with van der Waals surface area (Å²) in [5.74, 6) is 0. The van der Waals surface area contributed by atoms with Crippen LogP contribution in [-0.4, -0.2) is 0 Å². The van der Waals surface area contributed by atoms with Crippen molar-refractivity contribution in [3.05, 3.63) is 323 Å². The third kappa shape index (κ3) is 8.29. The molecule has 0 bridgehead atoms. The van der Waals surface area contributed by atoms with Crippen LogP contribution >= 0.6 is 0 Å². The van der Waals surface area contributed by atoms with Crippen molar-refractivity contribution in [2.45, 2.75) is 96.3 Å². The van der Waals surface area contributed by atoms with Crippen LogP contribution in [0.25, 0.3) is 66.8 Å². The molecule has 432 valence electrons. The van der Waals surface area contributed by atoms with Gasteiger partial charge in [0, 0.05) is 45.0 Å². The second-order valence-electron chi connectivity index (χ2n) is 28.5. The normalized spacial score (nSPS) is 14.7. The molecule has 12 aromatic carbocycles. The first-order valence-electron chi connectivity index (χ1n) is 31.9. The van der Waals surface area contributed by atoms with E-state index in [1.54, 1.807) is 0 Å². The molecule has 4 aliphatic carbocycles. The van der Waals surface area contributed by atoms with Crippen LogP contribution in [0, 0.1) is 0 Å². The first-order chi connectivity index (χ1) is 42.9. The van der Waals surface area contributed by atoms with E-state index in [-0.39, 0.29) is 21.7 Å². The maximum absolute atomic E-state index is 2.59. The fraction of sp³-hybridized carbons (Fsp3) is 0.172. The highest BCUT2D eigenvalue weighted by molar-refractivity contribution is 5.99. The number of hydrogen-bond acceptors (Lipinski definition) is 2. The molecular weight excluding hydrogens is 1070 g/mol. The Morgan fingerprint density at radius 2 is 0.483 bits per heavy atom. The molecule has 0 N–H and O–H groups in total. The monoisotopic (exact) mass is 1150 g/mol. The highest BCUT2D eigenvalue weighted by Gasteiger charge is 2.53. The highest BCUT2D eigenvalue weighted by atomic mass is 15.1. The predicted molar refractivity (Wildman–Crippen MR) is 376 cm³/mol. The number of hydrogen-bond donors (Lipinski definition) is 0. The van der Waals surface area contributed by atoms with Crippen molar-refractivity contribution < 1.29 is 0 Å². The van der Waals surface area contributed by atoms with E-state index in [2.05, 4.69) is 346 Å². The van der Waals surface area contributed by atoms with Gasteiger partial charge in [0.25, 0.3) is 0 Å². The van der Waals surface area contributed by atoms with E-state index in [4.69, 9.17) is 0 Å². The van der Waals surface area contributed by atoms with Crippen molar-refractivity contribution in [2.75, 3.05) is 9.80 Å². The Morgan fingerprint density at radius 1 is 0.225 bits per heavy atom. The Morgan fingerprint density at radius 3 is 0.831 bits per heavy atom. The van der Waals surface area contributed by atoms with Crippen molar-refractivity contribution in [1.29, 1.82) is 0 Å². The van der Waals surface area contributed by atoms with Crippen molar-refractivity contribution >= 4 is 34.1 Å². The summed E-state index contributed by atoms with van der Waals surface area (Å²) in [4.78, 5) is 5.05. The molecule has 0 amide bonds. The molecule has 4 aliphatic rings. The Bertz CT molecular complexity index is 4520. The topological polar surface area (TPSA) is 6.48 Å². The third-order valence-corrected chi connectivity index (χ3v) is 20.6. The molecule has 0 aliphatic heterocycles. The van der Waals surface area contributed by atoms with Crippen LogP contribution in [0.1, 0.15) is 125 Å². The second kappa shape index (κ2) is 19.6. The van der Waals surface area contributed by atoms with Gasteiger partial charge >= 0.3 is 0 Å². The highest BCUT2D eigenvalue weighted by Crippen LogP contribution is 2.65. The van der Waals surface area contributed by atoms with Gasteiger partial charge in [0.05, 0.1) is 5.41 Å². The molecule has 0 saturated carbocycles. The van der Waals surface area contributed by atoms with E-state index >= 15 is 0 Å². The van der Waals surface area contributed by atoms with Crippen LogP contribution in [0.15, 0.2) is 267 Å². The van der Waals surface area contributed by atoms with Crippen LogP contribution in [0.3, 0.4) is 0 Å². The third-order valence-electron chi connectivity index (χ3n) is 20.6. The number of nitrogens with zero attached hydrogens (tertiary/aromatic N) is 2. The molecule has 16 rings (SSSR count). The minimum absolute atomic E-state index is 0.108. The van der Waals surface area contributed by atoms with E-state index in [0.717, 1.165) is 34.1 Å². The minimum Gasteiger partial charge on any atom is -0.310 e. The quantitative estimate of drug-likeness (QED) is 0.150. The minimum atomic E-state index is -0.710. The van der Waals surface area contributed by atoms with E-state index in [0.29, 0.717) is 0 Å². The number of benzene rings is 12. The van der Waals surface area contributed by atoms with Gasteiger partial charge < -0.3 is 9.80 Å². The maximum Gasteiger partial charge on any atom is 0.0727 e. The molecule has 0 fully saturated rings. The summed E-state index contributed by atoms with van der Waals surface area (Å²) in [6.45, 7) is 23.7. The van der Waals surface area contributed by atoms with Crippen LogP contribution in [-0.2, 0) is 27.1 Å². The lowest BCUT2D eigenvalue weighted by Crippen LogP contribution is -2.28. The largest absolute Gasteiger partial charge is 0.310 e. The van der Waals surface area contributed by atoms with Gasteiger partial charge in [-0.2, -0.15) is 0 Å². The maximum atomic E-state index is 2.59. The summed E-state index contributed by atoms with van der Waals surface area (Å²) >= 11 is 0. The molecule has 2 heteroatoms. The van der Waals surface area contributed by atoms with E-state index in [1.165, 1.54) is 122 Å². The summed E-state index contributed by atoms with van der Waals surface area (Å²) in [7, 11) is 0. The molecule has 0 aromatic heterocycles. The van der Waals surface area contributed by atoms with Crippen molar-refractivity contribution in [2.24, 2.45) is 0 Å². The first kappa shape index (κ1) is 54.6. The molecule has 2 nitrogen and oxygen atoms in total. The zero-order valence-corrected chi connectivity index (χ0v) is 52.8. The lowest BCUT2D eigenvalue weighted by molar-refractivity contribution is 0.586. The van der Waals surface area contributed by atoms with Gasteiger partial charge in [-0.15, -0.1) is 0 Å². The molecule has 12 aromatic rings. The Hall–Kier alpha value is -9.76. The lowest BCUT2D eigenvalue weighted by Gasteiger charge is -2.35. The number of fused-ring (bicyclic) bond motifs is 16. The SMILES string of the molecule is CC(C)(C)c1ccc2c(c1)C1(c3cc(N(c4ccc(-c5ccccc5)cc4)c4ccc5c(c4)C(C)(C)c4ccccc4-5)ccc3-2)c2cc(N(c3ccc(-c4ccccc4)cc3)c3ccc4c(c3)C(C)(C)c3ccccc3-4)ccc2-c2ccc(C(C)(C)C)cc21. The fourth-order valence-corrected chi connectivity index (χ4v) is 15.8. The summed E-state index contributed by atoms with van der Waals surface area (Å²) in [5.41, 5.74) is 34.0.